The summed E-state index contributed by atoms with van der Waals surface area (Å²) >= 11 is 8.32. The SMILES string of the molecule is O=c1[nH]c(Cl)c(F)c(=O)n1-c1ccc(Br)cc1F. The molecule has 0 bridgehead atoms. The first-order valence-electron chi connectivity index (χ1n) is 4.57. The van der Waals surface area contributed by atoms with Crippen LogP contribution < -0.4 is 11.2 Å². The van der Waals surface area contributed by atoms with Crippen LogP contribution in [0.1, 0.15) is 0 Å². The Kier molecular flexibility index (Phi) is 3.36. The molecule has 1 aromatic carbocycles. The summed E-state index contributed by atoms with van der Waals surface area (Å²) in [6, 6.07) is 3.63. The largest absolute Gasteiger partial charge is 0.334 e. The van der Waals surface area contributed by atoms with Gasteiger partial charge in [-0.2, -0.15) is 4.39 Å². The van der Waals surface area contributed by atoms with Gasteiger partial charge in [-0.1, -0.05) is 27.5 Å². The van der Waals surface area contributed by atoms with Crippen LogP contribution in [-0.2, 0) is 0 Å². The van der Waals surface area contributed by atoms with E-state index in [4.69, 9.17) is 11.6 Å². The van der Waals surface area contributed by atoms with E-state index in [9.17, 15) is 18.4 Å². The highest BCUT2D eigenvalue weighted by molar-refractivity contribution is 9.10. The zero-order valence-corrected chi connectivity index (χ0v) is 10.8. The fourth-order valence-corrected chi connectivity index (χ4v) is 1.87. The second-order valence-electron chi connectivity index (χ2n) is 3.29. The topological polar surface area (TPSA) is 54.9 Å². The second-order valence-corrected chi connectivity index (χ2v) is 4.59. The van der Waals surface area contributed by atoms with Crippen LogP contribution in [0.25, 0.3) is 5.69 Å². The average Bonchev–Trinajstić information content (AvgIpc) is 2.29. The highest BCUT2D eigenvalue weighted by Crippen LogP contribution is 2.17. The summed E-state index contributed by atoms with van der Waals surface area (Å²) in [5.41, 5.74) is -2.70. The Morgan fingerprint density at radius 3 is 2.56 bits per heavy atom. The maximum atomic E-state index is 13.6. The van der Waals surface area contributed by atoms with Crippen LogP contribution in [0.4, 0.5) is 8.78 Å². The third kappa shape index (κ3) is 2.11. The molecule has 0 radical (unpaired) electrons. The number of H-pyrrole nitrogens is 1. The fraction of sp³-hybridized carbons (Fsp3) is 0. The Bertz CT molecular complexity index is 742. The lowest BCUT2D eigenvalue weighted by atomic mass is 10.3. The zero-order valence-electron chi connectivity index (χ0n) is 8.51. The summed E-state index contributed by atoms with van der Waals surface area (Å²) < 4.78 is 27.7. The van der Waals surface area contributed by atoms with Crippen molar-refractivity contribution < 1.29 is 8.78 Å². The van der Waals surface area contributed by atoms with Gasteiger partial charge in [0.25, 0.3) is 5.56 Å². The molecule has 0 fully saturated rings. The number of nitrogens with one attached hydrogen (secondary N) is 1. The van der Waals surface area contributed by atoms with Crippen molar-refractivity contribution in [2.24, 2.45) is 0 Å². The quantitative estimate of drug-likeness (QED) is 0.811. The number of hydrogen-bond acceptors (Lipinski definition) is 2. The van der Waals surface area contributed by atoms with Crippen LogP contribution in [0, 0.1) is 11.6 Å². The third-order valence-electron chi connectivity index (χ3n) is 2.15. The van der Waals surface area contributed by atoms with E-state index in [2.05, 4.69) is 15.9 Å². The van der Waals surface area contributed by atoms with Gasteiger partial charge in [-0.3, -0.25) is 9.78 Å². The summed E-state index contributed by atoms with van der Waals surface area (Å²) in [6.45, 7) is 0. The van der Waals surface area contributed by atoms with Crippen LogP contribution in [-0.4, -0.2) is 9.55 Å². The highest BCUT2D eigenvalue weighted by atomic mass is 79.9. The Hall–Kier alpha value is -1.47. The lowest BCUT2D eigenvalue weighted by molar-refractivity contribution is 0.571. The lowest BCUT2D eigenvalue weighted by Crippen LogP contribution is -2.36. The van der Waals surface area contributed by atoms with Gasteiger partial charge >= 0.3 is 5.69 Å². The highest BCUT2D eigenvalue weighted by Gasteiger charge is 2.16. The smallest absolute Gasteiger partial charge is 0.295 e. The normalized spacial score (nSPS) is 10.7. The molecule has 0 amide bonds. The lowest BCUT2D eigenvalue weighted by Gasteiger charge is -2.06. The predicted molar refractivity (Wildman–Crippen MR) is 65.3 cm³/mol. The fourth-order valence-electron chi connectivity index (χ4n) is 1.37. The molecule has 0 saturated carbocycles. The molecule has 18 heavy (non-hydrogen) atoms. The number of rotatable bonds is 1. The van der Waals surface area contributed by atoms with E-state index >= 15 is 0 Å². The minimum Gasteiger partial charge on any atom is -0.295 e. The van der Waals surface area contributed by atoms with Crippen molar-refractivity contribution >= 4 is 27.5 Å². The number of hydrogen-bond donors (Lipinski definition) is 1. The Labute approximate surface area is 112 Å². The molecular weight excluding hydrogens is 333 g/mol. The van der Waals surface area contributed by atoms with Gasteiger partial charge < -0.3 is 0 Å². The predicted octanol–water partition coefficient (Wildman–Crippen LogP) is 2.22. The van der Waals surface area contributed by atoms with Crippen LogP contribution in [0.15, 0.2) is 32.3 Å². The van der Waals surface area contributed by atoms with Gasteiger partial charge in [-0.15, -0.1) is 0 Å². The summed E-state index contributed by atoms with van der Waals surface area (Å²) in [6.07, 6.45) is 0. The monoisotopic (exact) mass is 336 g/mol. The molecule has 1 aromatic heterocycles. The maximum Gasteiger partial charge on any atom is 0.334 e. The van der Waals surface area contributed by atoms with Gasteiger partial charge in [0.15, 0.2) is 5.15 Å². The van der Waals surface area contributed by atoms with Crippen LogP contribution in [0.2, 0.25) is 5.15 Å². The first-order chi connectivity index (χ1) is 8.41. The summed E-state index contributed by atoms with van der Waals surface area (Å²) in [4.78, 5) is 25.0. The van der Waals surface area contributed by atoms with E-state index in [0.29, 0.717) is 9.04 Å². The number of aromatic amines is 1. The molecule has 2 aromatic rings. The van der Waals surface area contributed by atoms with Crippen molar-refractivity contribution in [1.29, 1.82) is 0 Å². The first-order valence-corrected chi connectivity index (χ1v) is 5.74. The molecule has 94 valence electrons. The third-order valence-corrected chi connectivity index (χ3v) is 2.91. The minimum atomic E-state index is -1.35. The molecular formula is C10H4BrClF2N2O2. The molecule has 0 aliphatic heterocycles. The van der Waals surface area contributed by atoms with E-state index < -0.39 is 28.0 Å². The molecule has 8 heteroatoms. The minimum absolute atomic E-state index is 0.336. The van der Waals surface area contributed by atoms with Gasteiger partial charge in [-0.05, 0) is 18.2 Å². The molecule has 4 nitrogen and oxygen atoms in total. The van der Waals surface area contributed by atoms with Crippen molar-refractivity contribution in [2.45, 2.75) is 0 Å². The molecule has 0 unspecified atom stereocenters. The summed E-state index contributed by atoms with van der Waals surface area (Å²) in [5, 5.41) is -0.709. The van der Waals surface area contributed by atoms with Gasteiger partial charge in [-0.25, -0.2) is 13.8 Å². The molecule has 0 aliphatic rings. The summed E-state index contributed by atoms with van der Waals surface area (Å²) in [7, 11) is 0. The number of halogens is 4. The van der Waals surface area contributed by atoms with Gasteiger partial charge in [0.2, 0.25) is 5.82 Å². The van der Waals surface area contributed by atoms with Crippen molar-refractivity contribution in [1.82, 2.24) is 9.55 Å². The van der Waals surface area contributed by atoms with Crippen LogP contribution in [0.3, 0.4) is 0 Å². The number of benzene rings is 1. The van der Waals surface area contributed by atoms with E-state index in [0.717, 1.165) is 6.07 Å². The molecule has 1 N–H and O–H groups in total. The number of nitrogens with zero attached hydrogens (tertiary/aromatic N) is 1. The molecule has 0 atom stereocenters. The van der Waals surface area contributed by atoms with E-state index in [1.165, 1.54) is 12.1 Å². The van der Waals surface area contributed by atoms with Crippen molar-refractivity contribution in [3.63, 3.8) is 0 Å². The standard InChI is InChI=1S/C10H4BrClF2N2O2/c11-4-1-2-6(5(13)3-4)16-9(17)7(14)8(12)15-10(16)18/h1-3H,(H,15,18). The number of aromatic nitrogens is 2. The summed E-state index contributed by atoms with van der Waals surface area (Å²) in [5.74, 6) is -2.20. The van der Waals surface area contributed by atoms with Gasteiger partial charge in [0, 0.05) is 4.47 Å². The molecule has 0 aliphatic carbocycles. The Balaban J connectivity index is 2.84. The van der Waals surface area contributed by atoms with Crippen molar-refractivity contribution in [2.75, 3.05) is 0 Å². The molecule has 0 saturated heterocycles. The van der Waals surface area contributed by atoms with Gasteiger partial charge in [0.1, 0.15) is 5.82 Å². The average molecular weight is 338 g/mol. The zero-order chi connectivity index (χ0) is 13.4. The van der Waals surface area contributed by atoms with Crippen molar-refractivity contribution in [3.05, 3.63) is 60.3 Å². The Morgan fingerprint density at radius 2 is 1.94 bits per heavy atom. The molecule has 2 rings (SSSR count). The van der Waals surface area contributed by atoms with Crippen LogP contribution in [0.5, 0.6) is 0 Å². The Morgan fingerprint density at radius 1 is 1.28 bits per heavy atom. The second kappa shape index (κ2) is 4.66. The molecule has 1 heterocycles. The van der Waals surface area contributed by atoms with E-state index in [-0.39, 0.29) is 5.69 Å². The van der Waals surface area contributed by atoms with Gasteiger partial charge in [0.05, 0.1) is 5.69 Å². The van der Waals surface area contributed by atoms with Crippen molar-refractivity contribution in [3.8, 4) is 5.69 Å². The van der Waals surface area contributed by atoms with E-state index in [1.54, 1.807) is 0 Å². The van der Waals surface area contributed by atoms with Crippen LogP contribution >= 0.6 is 27.5 Å². The molecule has 0 spiro atoms. The van der Waals surface area contributed by atoms with E-state index in [1.807, 2.05) is 4.98 Å². The first kappa shape index (κ1) is 13.0. The maximum absolute atomic E-state index is 13.6.